The van der Waals surface area contributed by atoms with Gasteiger partial charge in [0.2, 0.25) is 10.0 Å². The van der Waals surface area contributed by atoms with Crippen LogP contribution >= 0.6 is 0 Å². The number of carbonyl (C=O) groups is 1. The molecular weight excluding hydrogens is 273 g/mol. The summed E-state index contributed by atoms with van der Waals surface area (Å²) >= 11 is 0. The maximum Gasteiger partial charge on any atom is 0.412 e. The molecule has 1 unspecified atom stereocenters. The molecule has 1 amide bonds. The van der Waals surface area contributed by atoms with Crippen molar-refractivity contribution < 1.29 is 26.4 Å². The van der Waals surface area contributed by atoms with Crippen molar-refractivity contribution in [1.29, 1.82) is 0 Å². The zero-order valence-electron chi connectivity index (χ0n) is 8.65. The van der Waals surface area contributed by atoms with Gasteiger partial charge in [0.05, 0.1) is 4.90 Å². The van der Waals surface area contributed by atoms with E-state index in [1.54, 1.807) is 5.32 Å². The lowest BCUT2D eigenvalue weighted by Crippen LogP contribution is -2.31. The summed E-state index contributed by atoms with van der Waals surface area (Å²) in [7, 11) is -4.06. The molecule has 2 rings (SSSR count). The summed E-state index contributed by atoms with van der Waals surface area (Å²) in [5.41, 5.74) is -0.635. The smallest absolute Gasteiger partial charge is 0.337 e. The van der Waals surface area contributed by atoms with Gasteiger partial charge in [-0.05, 0) is 17.7 Å². The van der Waals surface area contributed by atoms with Gasteiger partial charge in [-0.25, -0.2) is 13.6 Å². The molecule has 1 aromatic rings. The normalized spacial score (nSPS) is 19.6. The van der Waals surface area contributed by atoms with Crippen LogP contribution in [0.3, 0.4) is 0 Å². The molecule has 98 valence electrons. The molecule has 0 saturated heterocycles. The molecule has 1 aliphatic heterocycles. The summed E-state index contributed by atoms with van der Waals surface area (Å²) < 4.78 is 59.9. The van der Waals surface area contributed by atoms with Crippen molar-refractivity contribution in [2.75, 3.05) is 0 Å². The minimum atomic E-state index is -4.63. The number of hydrogen-bond acceptors (Lipinski definition) is 3. The van der Waals surface area contributed by atoms with E-state index in [0.717, 1.165) is 18.2 Å². The Kier molecular flexibility index (Phi) is 2.63. The van der Waals surface area contributed by atoms with Crippen LogP contribution in [0.25, 0.3) is 0 Å². The van der Waals surface area contributed by atoms with Gasteiger partial charge >= 0.3 is 6.18 Å². The van der Waals surface area contributed by atoms with Gasteiger partial charge in [-0.1, -0.05) is 6.07 Å². The second kappa shape index (κ2) is 3.69. The molecule has 0 fully saturated rings. The first kappa shape index (κ1) is 12.8. The van der Waals surface area contributed by atoms with Crippen LogP contribution in [0.15, 0.2) is 23.1 Å². The van der Waals surface area contributed by atoms with Gasteiger partial charge in [0.1, 0.15) is 0 Å². The van der Waals surface area contributed by atoms with Crippen LogP contribution in [0.2, 0.25) is 0 Å². The first-order valence-corrected chi connectivity index (χ1v) is 6.19. The SMILES string of the molecule is NS(=O)(=O)c1ccc2c(c1)C(=O)NC2C(F)(F)F. The van der Waals surface area contributed by atoms with Crippen molar-refractivity contribution in [3.63, 3.8) is 0 Å². The Labute approximate surface area is 99.8 Å². The Morgan fingerprint density at radius 3 is 2.39 bits per heavy atom. The number of carbonyl (C=O) groups excluding carboxylic acids is 1. The molecule has 0 saturated carbocycles. The number of sulfonamides is 1. The van der Waals surface area contributed by atoms with E-state index in [0.29, 0.717) is 0 Å². The van der Waals surface area contributed by atoms with Crippen LogP contribution in [0.1, 0.15) is 22.0 Å². The maximum absolute atomic E-state index is 12.6. The lowest BCUT2D eigenvalue weighted by Gasteiger charge is -2.15. The van der Waals surface area contributed by atoms with Gasteiger partial charge in [-0.2, -0.15) is 13.2 Å². The lowest BCUT2D eigenvalue weighted by atomic mass is 10.0. The Balaban J connectivity index is 2.57. The van der Waals surface area contributed by atoms with E-state index in [2.05, 4.69) is 0 Å². The van der Waals surface area contributed by atoms with Gasteiger partial charge in [0.25, 0.3) is 5.91 Å². The van der Waals surface area contributed by atoms with Gasteiger partial charge in [-0.3, -0.25) is 4.79 Å². The lowest BCUT2D eigenvalue weighted by molar-refractivity contribution is -0.153. The predicted molar refractivity (Wildman–Crippen MR) is 54.1 cm³/mol. The van der Waals surface area contributed by atoms with E-state index in [1.165, 1.54) is 0 Å². The minimum Gasteiger partial charge on any atom is -0.337 e. The number of halogens is 3. The Morgan fingerprint density at radius 2 is 1.89 bits per heavy atom. The molecule has 0 aromatic heterocycles. The van der Waals surface area contributed by atoms with Gasteiger partial charge in [0.15, 0.2) is 6.04 Å². The Morgan fingerprint density at radius 1 is 1.28 bits per heavy atom. The standard InChI is InChI=1S/C9H7F3N2O3S/c10-9(11,12)7-5-2-1-4(18(13,16)17)3-6(5)8(15)14-7/h1-3,7H,(H,14,15)(H2,13,16,17). The summed E-state index contributed by atoms with van der Waals surface area (Å²) in [5.74, 6) is -0.974. The average molecular weight is 280 g/mol. The van der Waals surface area contributed by atoms with Crippen molar-refractivity contribution in [1.82, 2.24) is 5.32 Å². The number of hydrogen-bond donors (Lipinski definition) is 2. The predicted octanol–water partition coefficient (Wildman–Crippen LogP) is 0.681. The summed E-state index contributed by atoms with van der Waals surface area (Å²) in [4.78, 5) is 11.0. The quantitative estimate of drug-likeness (QED) is 0.792. The van der Waals surface area contributed by atoms with Crippen LogP contribution in [-0.4, -0.2) is 20.5 Å². The molecule has 1 aliphatic rings. The molecular formula is C9H7F3N2O3S. The highest BCUT2D eigenvalue weighted by molar-refractivity contribution is 7.89. The van der Waals surface area contributed by atoms with E-state index in [9.17, 15) is 26.4 Å². The van der Waals surface area contributed by atoms with E-state index < -0.39 is 33.0 Å². The van der Waals surface area contributed by atoms with Crippen molar-refractivity contribution in [3.05, 3.63) is 29.3 Å². The van der Waals surface area contributed by atoms with Crippen LogP contribution in [0, 0.1) is 0 Å². The third kappa shape index (κ3) is 2.06. The van der Waals surface area contributed by atoms with E-state index >= 15 is 0 Å². The molecule has 0 aliphatic carbocycles. The van der Waals surface area contributed by atoms with Crippen LogP contribution in [0.4, 0.5) is 13.2 Å². The van der Waals surface area contributed by atoms with Crippen molar-refractivity contribution >= 4 is 15.9 Å². The van der Waals surface area contributed by atoms with Crippen molar-refractivity contribution in [3.8, 4) is 0 Å². The first-order chi connectivity index (χ1) is 8.10. The van der Waals surface area contributed by atoms with Gasteiger partial charge < -0.3 is 5.32 Å². The highest BCUT2D eigenvalue weighted by atomic mass is 32.2. The summed E-state index contributed by atoms with van der Waals surface area (Å²) in [5, 5.41) is 6.57. The largest absolute Gasteiger partial charge is 0.412 e. The fourth-order valence-corrected chi connectivity index (χ4v) is 2.25. The molecule has 9 heteroatoms. The average Bonchev–Trinajstić information content (AvgIpc) is 2.54. The molecule has 1 atom stereocenters. The monoisotopic (exact) mass is 280 g/mol. The molecule has 0 spiro atoms. The van der Waals surface area contributed by atoms with E-state index in [1.807, 2.05) is 0 Å². The minimum absolute atomic E-state index is 0.306. The number of primary sulfonamides is 1. The van der Waals surface area contributed by atoms with Gasteiger partial charge in [-0.15, -0.1) is 0 Å². The molecule has 0 bridgehead atoms. The molecule has 18 heavy (non-hydrogen) atoms. The van der Waals surface area contributed by atoms with E-state index in [-0.39, 0.29) is 11.1 Å². The summed E-state index contributed by atoms with van der Waals surface area (Å²) in [6.45, 7) is 0. The zero-order valence-corrected chi connectivity index (χ0v) is 9.47. The number of fused-ring (bicyclic) bond motifs is 1. The van der Waals surface area contributed by atoms with Gasteiger partial charge in [0, 0.05) is 5.56 Å². The topological polar surface area (TPSA) is 89.3 Å². The summed E-state index contributed by atoms with van der Waals surface area (Å²) in [6, 6.07) is 0.596. The van der Waals surface area contributed by atoms with Crippen LogP contribution in [-0.2, 0) is 10.0 Å². The number of rotatable bonds is 1. The second-order valence-electron chi connectivity index (χ2n) is 3.74. The molecule has 3 N–H and O–H groups in total. The molecule has 1 aromatic carbocycles. The third-order valence-electron chi connectivity index (χ3n) is 2.51. The first-order valence-electron chi connectivity index (χ1n) is 4.65. The molecule has 0 radical (unpaired) electrons. The van der Waals surface area contributed by atoms with E-state index in [4.69, 9.17) is 5.14 Å². The number of alkyl halides is 3. The molecule has 5 nitrogen and oxygen atoms in total. The Hall–Kier alpha value is -1.61. The summed E-state index contributed by atoms with van der Waals surface area (Å²) in [6.07, 6.45) is -4.63. The van der Waals surface area contributed by atoms with Crippen LogP contribution in [0.5, 0.6) is 0 Å². The number of nitrogens with two attached hydrogens (primary N) is 1. The fraction of sp³-hybridized carbons (Fsp3) is 0.222. The molecule has 1 heterocycles. The number of amides is 1. The number of benzene rings is 1. The van der Waals surface area contributed by atoms with Crippen molar-refractivity contribution in [2.45, 2.75) is 17.1 Å². The second-order valence-corrected chi connectivity index (χ2v) is 5.30. The number of nitrogens with one attached hydrogen (secondary N) is 1. The Bertz CT molecular complexity index is 624. The highest BCUT2D eigenvalue weighted by Gasteiger charge is 2.47. The highest BCUT2D eigenvalue weighted by Crippen LogP contribution is 2.38. The third-order valence-corrected chi connectivity index (χ3v) is 3.42. The fourth-order valence-electron chi connectivity index (χ4n) is 1.71. The zero-order chi connectivity index (χ0) is 13.7. The van der Waals surface area contributed by atoms with Crippen LogP contribution < -0.4 is 10.5 Å². The van der Waals surface area contributed by atoms with Crippen molar-refractivity contribution in [2.24, 2.45) is 5.14 Å². The maximum atomic E-state index is 12.6.